The van der Waals surface area contributed by atoms with E-state index in [1.54, 1.807) is 6.07 Å². The number of urea groups is 1. The van der Waals surface area contributed by atoms with E-state index in [1.165, 1.54) is 18.2 Å². The van der Waals surface area contributed by atoms with Gasteiger partial charge in [0.2, 0.25) is 0 Å². The third-order valence-electron chi connectivity index (χ3n) is 3.25. The van der Waals surface area contributed by atoms with E-state index in [2.05, 4.69) is 5.32 Å². The molecular weight excluding hydrogens is 314 g/mol. The average Bonchev–Trinajstić information content (AvgIpc) is 2.45. The Morgan fingerprint density at radius 1 is 1.09 bits per heavy atom. The lowest BCUT2D eigenvalue weighted by molar-refractivity contribution is 0.233. The molecule has 0 spiro atoms. The molecule has 22 heavy (non-hydrogen) atoms. The Kier molecular flexibility index (Phi) is 3.32. The quantitative estimate of drug-likeness (QED) is 0.923. The lowest BCUT2D eigenvalue weighted by atomic mass is 10.2. The molecule has 5 nitrogen and oxygen atoms in total. The summed E-state index contributed by atoms with van der Waals surface area (Å²) in [6.07, 6.45) is 0. The number of hydrogen-bond acceptors (Lipinski definition) is 3. The highest BCUT2D eigenvalue weighted by atomic mass is 32.2. The normalized spacial score (nSPS) is 16.1. The monoisotopic (exact) mass is 324 g/mol. The first-order chi connectivity index (χ1) is 10.4. The molecule has 0 bridgehead atoms. The van der Waals surface area contributed by atoms with Crippen molar-refractivity contribution in [3.63, 3.8) is 0 Å². The number of fused-ring (bicyclic) bond motifs is 1. The Balaban J connectivity index is 2.03. The van der Waals surface area contributed by atoms with Gasteiger partial charge in [0.1, 0.15) is 16.5 Å². The van der Waals surface area contributed by atoms with Gasteiger partial charge in [-0.25, -0.2) is 26.3 Å². The molecule has 3 rings (SSSR count). The Morgan fingerprint density at radius 3 is 2.55 bits per heavy atom. The first-order valence-corrected chi connectivity index (χ1v) is 7.70. The van der Waals surface area contributed by atoms with Crippen molar-refractivity contribution in [2.75, 3.05) is 5.32 Å². The Bertz CT molecular complexity index is 868. The van der Waals surface area contributed by atoms with Crippen LogP contribution < -0.4 is 5.32 Å². The largest absolute Gasteiger partial charge is 0.336 e. The Morgan fingerprint density at radius 2 is 1.82 bits per heavy atom. The van der Waals surface area contributed by atoms with Gasteiger partial charge in [-0.2, -0.15) is 0 Å². The molecule has 0 saturated carbocycles. The van der Waals surface area contributed by atoms with Gasteiger partial charge in [-0.3, -0.25) is 0 Å². The summed E-state index contributed by atoms with van der Waals surface area (Å²) in [6.45, 7) is -0.519. The molecule has 114 valence electrons. The second-order valence-corrected chi connectivity index (χ2v) is 6.50. The number of carbonyl (C=O) groups excluding carboxylic acids is 1. The van der Waals surface area contributed by atoms with Gasteiger partial charge in [0, 0.05) is 11.6 Å². The van der Waals surface area contributed by atoms with Crippen LogP contribution in [0.3, 0.4) is 0 Å². The number of rotatable bonds is 2. The Hall–Kier alpha value is -2.48. The molecule has 8 heteroatoms. The maximum atomic E-state index is 13.7. The topological polar surface area (TPSA) is 66.5 Å². The predicted molar refractivity (Wildman–Crippen MR) is 74.5 cm³/mol. The van der Waals surface area contributed by atoms with E-state index < -0.39 is 34.2 Å². The van der Waals surface area contributed by atoms with Gasteiger partial charge in [0.15, 0.2) is 0 Å². The zero-order valence-electron chi connectivity index (χ0n) is 11.1. The van der Waals surface area contributed by atoms with Crippen molar-refractivity contribution in [3.8, 4) is 0 Å². The van der Waals surface area contributed by atoms with Crippen molar-refractivity contribution in [3.05, 3.63) is 59.7 Å². The van der Waals surface area contributed by atoms with Crippen molar-refractivity contribution >= 4 is 21.7 Å². The van der Waals surface area contributed by atoms with Crippen molar-refractivity contribution in [1.82, 2.24) is 4.31 Å². The standard InChI is InChI=1S/C14H10F2N2O3S/c15-10-6-5-9(11(16)7-10)8-18-14(19)17-12-3-1-2-4-13(12)22(18,20)21/h1-7H,8H2,(H,17,19). The van der Waals surface area contributed by atoms with Gasteiger partial charge in [-0.05, 0) is 18.2 Å². The number of halogens is 2. The number of nitrogens with zero attached hydrogens (tertiary/aromatic N) is 1. The van der Waals surface area contributed by atoms with Crippen LogP contribution in [-0.2, 0) is 16.6 Å². The fourth-order valence-corrected chi connectivity index (χ4v) is 3.62. The van der Waals surface area contributed by atoms with Gasteiger partial charge >= 0.3 is 6.03 Å². The minimum Gasteiger partial charge on any atom is -0.306 e. The van der Waals surface area contributed by atoms with Crippen LogP contribution in [-0.4, -0.2) is 18.8 Å². The number of anilines is 1. The van der Waals surface area contributed by atoms with E-state index in [0.29, 0.717) is 10.4 Å². The molecule has 2 amide bonds. The van der Waals surface area contributed by atoms with Gasteiger partial charge in [-0.1, -0.05) is 18.2 Å². The number of sulfonamides is 1. The van der Waals surface area contributed by atoms with Crippen LogP contribution in [0.25, 0.3) is 0 Å². The minimum absolute atomic E-state index is 0.0721. The molecule has 0 fully saturated rings. The lowest BCUT2D eigenvalue weighted by Gasteiger charge is -2.28. The fourth-order valence-electron chi connectivity index (χ4n) is 2.16. The maximum absolute atomic E-state index is 13.7. The molecule has 1 N–H and O–H groups in total. The summed E-state index contributed by atoms with van der Waals surface area (Å²) in [4.78, 5) is 11.9. The molecular formula is C14H10F2N2O3S. The molecule has 2 aromatic carbocycles. The van der Waals surface area contributed by atoms with Crippen LogP contribution >= 0.6 is 0 Å². The summed E-state index contributed by atoms with van der Waals surface area (Å²) in [5.74, 6) is -1.69. The van der Waals surface area contributed by atoms with Crippen molar-refractivity contribution in [2.45, 2.75) is 11.4 Å². The van der Waals surface area contributed by atoms with Crippen LogP contribution in [0.5, 0.6) is 0 Å². The van der Waals surface area contributed by atoms with Crippen molar-refractivity contribution in [1.29, 1.82) is 0 Å². The minimum atomic E-state index is -4.10. The molecule has 0 radical (unpaired) electrons. The third-order valence-corrected chi connectivity index (χ3v) is 5.04. The average molecular weight is 324 g/mol. The second kappa shape index (κ2) is 5.06. The summed E-state index contributed by atoms with van der Waals surface area (Å²) in [7, 11) is -4.10. The van der Waals surface area contributed by atoms with E-state index >= 15 is 0 Å². The van der Waals surface area contributed by atoms with Crippen LogP contribution in [0.4, 0.5) is 19.3 Å². The van der Waals surface area contributed by atoms with Crippen LogP contribution in [0, 0.1) is 11.6 Å². The molecule has 0 aliphatic carbocycles. The van der Waals surface area contributed by atoms with E-state index in [0.717, 1.165) is 12.1 Å². The number of benzene rings is 2. The Labute approximate surface area is 125 Å². The van der Waals surface area contributed by atoms with Gasteiger partial charge in [-0.15, -0.1) is 0 Å². The fraction of sp³-hybridized carbons (Fsp3) is 0.0714. The summed E-state index contributed by atoms with van der Waals surface area (Å²) in [5.41, 5.74) is 0.0721. The van der Waals surface area contributed by atoms with Crippen molar-refractivity contribution < 1.29 is 22.0 Å². The highest BCUT2D eigenvalue weighted by Crippen LogP contribution is 2.31. The van der Waals surface area contributed by atoms with Crippen LogP contribution in [0.2, 0.25) is 0 Å². The SMILES string of the molecule is O=C1Nc2ccccc2S(=O)(=O)N1Cc1ccc(F)cc1F. The van der Waals surface area contributed by atoms with Gasteiger partial charge in [0.05, 0.1) is 12.2 Å². The van der Waals surface area contributed by atoms with E-state index in [-0.39, 0.29) is 16.1 Å². The van der Waals surface area contributed by atoms with Crippen LogP contribution in [0.15, 0.2) is 47.4 Å². The maximum Gasteiger partial charge on any atom is 0.336 e. The summed E-state index contributed by atoms with van der Waals surface area (Å²) < 4.78 is 52.0. The molecule has 1 heterocycles. The molecule has 2 aromatic rings. The molecule has 0 aromatic heterocycles. The number of amides is 2. The summed E-state index contributed by atoms with van der Waals surface area (Å²) >= 11 is 0. The van der Waals surface area contributed by atoms with Gasteiger partial charge < -0.3 is 5.32 Å². The predicted octanol–water partition coefficient (Wildman–Crippen LogP) is 2.70. The number of para-hydroxylation sites is 1. The highest BCUT2D eigenvalue weighted by molar-refractivity contribution is 7.90. The molecule has 0 atom stereocenters. The summed E-state index contributed by atoms with van der Waals surface area (Å²) in [6, 6.07) is 7.77. The highest BCUT2D eigenvalue weighted by Gasteiger charge is 2.36. The lowest BCUT2D eigenvalue weighted by Crippen LogP contribution is -2.43. The van der Waals surface area contributed by atoms with E-state index in [4.69, 9.17) is 0 Å². The van der Waals surface area contributed by atoms with Crippen molar-refractivity contribution in [2.24, 2.45) is 0 Å². The first-order valence-electron chi connectivity index (χ1n) is 6.26. The van der Waals surface area contributed by atoms with E-state index in [1.807, 2.05) is 0 Å². The second-order valence-electron chi connectivity index (χ2n) is 4.67. The zero-order valence-corrected chi connectivity index (χ0v) is 11.9. The number of nitrogens with one attached hydrogen (secondary N) is 1. The smallest absolute Gasteiger partial charge is 0.306 e. The molecule has 0 unspecified atom stereocenters. The number of hydrogen-bond donors (Lipinski definition) is 1. The zero-order chi connectivity index (χ0) is 15.9. The van der Waals surface area contributed by atoms with Crippen LogP contribution in [0.1, 0.15) is 5.56 Å². The van der Waals surface area contributed by atoms with E-state index in [9.17, 15) is 22.0 Å². The summed E-state index contributed by atoms with van der Waals surface area (Å²) in [5, 5.41) is 2.43. The third kappa shape index (κ3) is 2.31. The first kappa shape index (κ1) is 14.5. The van der Waals surface area contributed by atoms with Gasteiger partial charge in [0.25, 0.3) is 10.0 Å². The number of carbonyl (C=O) groups is 1. The molecule has 1 aliphatic heterocycles. The molecule has 1 aliphatic rings. The molecule has 0 saturated heterocycles.